The summed E-state index contributed by atoms with van der Waals surface area (Å²) in [5, 5.41) is -0.193. The molecule has 2 fully saturated rings. The molecule has 0 spiro atoms. The average molecular weight is 360 g/mol. The highest BCUT2D eigenvalue weighted by Crippen LogP contribution is 2.27. The zero-order valence-corrected chi connectivity index (χ0v) is 15.0. The molecular weight excluding hydrogens is 340 g/mol. The Kier molecular flexibility index (Phi) is 5.03. The van der Waals surface area contributed by atoms with Gasteiger partial charge in [0.1, 0.15) is 6.10 Å². The highest BCUT2D eigenvalue weighted by atomic mass is 32.1. The lowest BCUT2D eigenvalue weighted by Crippen LogP contribution is -2.36. The van der Waals surface area contributed by atoms with Crippen LogP contribution in [0, 0.1) is 0 Å². The van der Waals surface area contributed by atoms with E-state index in [9.17, 15) is 9.59 Å². The smallest absolute Gasteiger partial charge is 0.425 e. The van der Waals surface area contributed by atoms with E-state index in [1.807, 2.05) is 24.3 Å². The maximum Gasteiger partial charge on any atom is 0.425 e. The SMILES string of the molecule is CCN(CC)c1ccc(/C=C2\OC(=S)N(C(=O)OC3CC3)C2=O)cc1. The number of hydrogen-bond acceptors (Lipinski definition) is 6. The Morgan fingerprint density at radius 2 is 1.96 bits per heavy atom. The number of rotatable bonds is 5. The molecule has 1 aromatic rings. The van der Waals surface area contributed by atoms with Crippen LogP contribution < -0.4 is 4.90 Å². The van der Waals surface area contributed by atoms with Gasteiger partial charge in [-0.1, -0.05) is 12.1 Å². The van der Waals surface area contributed by atoms with E-state index in [4.69, 9.17) is 21.7 Å². The molecule has 132 valence electrons. The fraction of sp³-hybridized carbons (Fsp3) is 0.389. The molecule has 25 heavy (non-hydrogen) atoms. The number of anilines is 1. The Hall–Kier alpha value is -2.41. The molecule has 6 nitrogen and oxygen atoms in total. The Balaban J connectivity index is 1.73. The molecule has 2 amide bonds. The van der Waals surface area contributed by atoms with Crippen molar-refractivity contribution in [2.75, 3.05) is 18.0 Å². The Labute approximate surface area is 152 Å². The maximum atomic E-state index is 12.4. The number of imide groups is 1. The molecule has 0 atom stereocenters. The van der Waals surface area contributed by atoms with Crippen molar-refractivity contribution >= 4 is 41.2 Å². The van der Waals surface area contributed by atoms with Crippen LogP contribution in [0.15, 0.2) is 30.0 Å². The molecule has 2 aliphatic rings. The number of hydrogen-bond donors (Lipinski definition) is 0. The molecule has 1 saturated heterocycles. The van der Waals surface area contributed by atoms with Gasteiger partial charge in [0.05, 0.1) is 0 Å². The van der Waals surface area contributed by atoms with E-state index in [0.717, 1.165) is 42.1 Å². The summed E-state index contributed by atoms with van der Waals surface area (Å²) in [6, 6.07) is 7.75. The molecule has 7 heteroatoms. The van der Waals surface area contributed by atoms with Crippen LogP contribution in [0.25, 0.3) is 6.08 Å². The summed E-state index contributed by atoms with van der Waals surface area (Å²) in [6.07, 6.45) is 2.35. The molecule has 1 aliphatic carbocycles. The number of ether oxygens (including phenoxy) is 2. The molecule has 0 aromatic heterocycles. The normalized spacial score (nSPS) is 18.5. The van der Waals surface area contributed by atoms with Gasteiger partial charge in [0.15, 0.2) is 5.76 Å². The summed E-state index contributed by atoms with van der Waals surface area (Å²) < 4.78 is 10.4. The predicted molar refractivity (Wildman–Crippen MR) is 98.0 cm³/mol. The van der Waals surface area contributed by atoms with Gasteiger partial charge in [-0.2, -0.15) is 4.90 Å². The van der Waals surface area contributed by atoms with Crippen molar-refractivity contribution in [3.8, 4) is 0 Å². The second kappa shape index (κ2) is 7.23. The Bertz CT molecular complexity index is 721. The lowest BCUT2D eigenvalue weighted by atomic mass is 10.1. The molecule has 3 rings (SSSR count). The summed E-state index contributed by atoms with van der Waals surface area (Å²) in [4.78, 5) is 27.3. The summed E-state index contributed by atoms with van der Waals surface area (Å²) in [6.45, 7) is 6.04. The first-order chi connectivity index (χ1) is 12.0. The van der Waals surface area contributed by atoms with Crippen LogP contribution >= 0.6 is 12.2 Å². The van der Waals surface area contributed by atoms with E-state index in [1.54, 1.807) is 6.08 Å². The quantitative estimate of drug-likeness (QED) is 0.593. The molecule has 1 heterocycles. The molecule has 0 unspecified atom stereocenters. The molecule has 0 N–H and O–H groups in total. The third kappa shape index (κ3) is 3.82. The largest absolute Gasteiger partial charge is 0.445 e. The van der Waals surface area contributed by atoms with Gasteiger partial charge in [0, 0.05) is 18.8 Å². The van der Waals surface area contributed by atoms with E-state index in [2.05, 4.69) is 18.7 Å². The first kappa shape index (κ1) is 17.4. The van der Waals surface area contributed by atoms with Crippen molar-refractivity contribution < 1.29 is 19.1 Å². The maximum absolute atomic E-state index is 12.4. The first-order valence-electron chi connectivity index (χ1n) is 8.37. The van der Waals surface area contributed by atoms with Crippen LogP contribution in [0.4, 0.5) is 10.5 Å². The van der Waals surface area contributed by atoms with Gasteiger partial charge in [-0.05, 0) is 62.7 Å². The zero-order chi connectivity index (χ0) is 18.0. The second-order valence-electron chi connectivity index (χ2n) is 5.86. The van der Waals surface area contributed by atoms with Crippen LogP contribution in [-0.2, 0) is 14.3 Å². The lowest BCUT2D eigenvalue weighted by molar-refractivity contribution is -0.121. The van der Waals surface area contributed by atoms with Gasteiger partial charge >= 0.3 is 12.0 Å². The van der Waals surface area contributed by atoms with Crippen molar-refractivity contribution in [2.45, 2.75) is 32.8 Å². The number of benzene rings is 1. The van der Waals surface area contributed by atoms with Crippen molar-refractivity contribution in [3.63, 3.8) is 0 Å². The summed E-state index contributed by atoms with van der Waals surface area (Å²) in [5.74, 6) is -0.572. The van der Waals surface area contributed by atoms with E-state index < -0.39 is 12.0 Å². The minimum Gasteiger partial charge on any atom is -0.445 e. The third-order valence-corrected chi connectivity index (χ3v) is 4.35. The number of amides is 2. The minimum atomic E-state index is -0.766. The Morgan fingerprint density at radius 3 is 2.52 bits per heavy atom. The van der Waals surface area contributed by atoms with Crippen LogP contribution in [0.3, 0.4) is 0 Å². The third-order valence-electron chi connectivity index (χ3n) is 4.09. The predicted octanol–water partition coefficient (Wildman–Crippen LogP) is 3.32. The molecule has 0 bridgehead atoms. The van der Waals surface area contributed by atoms with Gasteiger partial charge in [-0.25, -0.2) is 4.79 Å². The minimum absolute atomic E-state index is 0.0216. The van der Waals surface area contributed by atoms with Crippen LogP contribution in [0.1, 0.15) is 32.3 Å². The number of carbonyl (C=O) groups is 2. The molecule has 1 saturated carbocycles. The first-order valence-corrected chi connectivity index (χ1v) is 8.78. The fourth-order valence-electron chi connectivity index (χ4n) is 2.53. The Morgan fingerprint density at radius 1 is 1.32 bits per heavy atom. The highest BCUT2D eigenvalue weighted by molar-refractivity contribution is 7.80. The van der Waals surface area contributed by atoms with Crippen LogP contribution in [0.2, 0.25) is 0 Å². The molecule has 1 aromatic carbocycles. The standard InChI is InChI=1S/C18H20N2O4S/c1-3-19(4-2)13-7-5-12(6-8-13)11-15-16(21)20(18(25)24-15)17(22)23-14-9-10-14/h5-8,11,14H,3-4,9-10H2,1-2H3/b15-11-. The molecular formula is C18H20N2O4S. The van der Waals surface area contributed by atoms with E-state index in [0.29, 0.717) is 0 Å². The van der Waals surface area contributed by atoms with Crippen molar-refractivity contribution in [1.82, 2.24) is 4.90 Å². The number of nitrogens with zero attached hydrogens (tertiary/aromatic N) is 2. The lowest BCUT2D eigenvalue weighted by Gasteiger charge is -2.20. The van der Waals surface area contributed by atoms with Crippen molar-refractivity contribution in [2.24, 2.45) is 0 Å². The van der Waals surface area contributed by atoms with Crippen molar-refractivity contribution in [3.05, 3.63) is 35.6 Å². The fourth-order valence-corrected chi connectivity index (χ4v) is 2.78. The van der Waals surface area contributed by atoms with Gasteiger partial charge in [0.25, 0.3) is 5.17 Å². The second-order valence-corrected chi connectivity index (χ2v) is 6.21. The summed E-state index contributed by atoms with van der Waals surface area (Å²) in [5.41, 5.74) is 1.90. The monoisotopic (exact) mass is 360 g/mol. The van der Waals surface area contributed by atoms with Crippen molar-refractivity contribution in [1.29, 1.82) is 0 Å². The van der Waals surface area contributed by atoms with Crippen LogP contribution in [-0.4, -0.2) is 41.3 Å². The zero-order valence-electron chi connectivity index (χ0n) is 14.2. The number of thiocarbonyl (C=S) groups is 1. The van der Waals surface area contributed by atoms with E-state index in [-0.39, 0.29) is 17.0 Å². The average Bonchev–Trinajstić information content (AvgIpc) is 3.35. The van der Waals surface area contributed by atoms with Gasteiger partial charge in [0.2, 0.25) is 0 Å². The van der Waals surface area contributed by atoms with Crippen LogP contribution in [0.5, 0.6) is 0 Å². The molecule has 1 aliphatic heterocycles. The van der Waals surface area contributed by atoms with Gasteiger partial charge in [-0.15, -0.1) is 0 Å². The molecule has 0 radical (unpaired) electrons. The summed E-state index contributed by atoms with van der Waals surface area (Å²) in [7, 11) is 0. The summed E-state index contributed by atoms with van der Waals surface area (Å²) >= 11 is 4.98. The van der Waals surface area contributed by atoms with Gasteiger partial charge in [-0.3, -0.25) is 4.79 Å². The van der Waals surface area contributed by atoms with E-state index >= 15 is 0 Å². The number of carbonyl (C=O) groups excluding carboxylic acids is 2. The topological polar surface area (TPSA) is 59.1 Å². The highest BCUT2D eigenvalue weighted by Gasteiger charge is 2.41. The van der Waals surface area contributed by atoms with Gasteiger partial charge < -0.3 is 14.4 Å². The van der Waals surface area contributed by atoms with E-state index in [1.165, 1.54) is 0 Å².